The highest BCUT2D eigenvalue weighted by Crippen LogP contribution is 2.32. The van der Waals surface area contributed by atoms with Gasteiger partial charge in [0.05, 0.1) is 16.4 Å². The van der Waals surface area contributed by atoms with E-state index in [0.717, 1.165) is 5.69 Å². The first kappa shape index (κ1) is 18.3. The average molecular weight is 365 g/mol. The normalized spacial score (nSPS) is 10.3. The first-order valence-corrected chi connectivity index (χ1v) is 8.18. The minimum absolute atomic E-state index is 0.0965. The van der Waals surface area contributed by atoms with E-state index in [1.165, 1.54) is 0 Å². The Morgan fingerprint density at radius 1 is 1.00 bits per heavy atom. The van der Waals surface area contributed by atoms with Crippen molar-refractivity contribution in [2.45, 2.75) is 12.8 Å². The van der Waals surface area contributed by atoms with Crippen LogP contribution >= 0.6 is 23.2 Å². The van der Waals surface area contributed by atoms with Gasteiger partial charge in [-0.15, -0.1) is 0 Å². The molecule has 0 spiro atoms. The topological polar surface area (TPSA) is 49.4 Å². The lowest BCUT2D eigenvalue weighted by Gasteiger charge is -2.19. The molecular formula is C18H18Cl2N2O2. The van der Waals surface area contributed by atoms with Crippen LogP contribution in [0, 0.1) is 0 Å². The maximum Gasteiger partial charge on any atom is 0.224 e. The number of nitrogens with zero attached hydrogens (tertiary/aromatic N) is 1. The van der Waals surface area contributed by atoms with Crippen LogP contribution in [0.15, 0.2) is 42.5 Å². The molecule has 126 valence electrons. The SMILES string of the molecule is CN(C)c1c(Cl)cccc1NC(=O)CCC(=O)c1ccc(Cl)cc1. The van der Waals surface area contributed by atoms with Gasteiger partial charge in [-0.2, -0.15) is 0 Å². The van der Waals surface area contributed by atoms with Gasteiger partial charge in [-0.1, -0.05) is 29.3 Å². The Labute approximate surface area is 151 Å². The summed E-state index contributed by atoms with van der Waals surface area (Å²) in [5.41, 5.74) is 1.90. The van der Waals surface area contributed by atoms with Crippen molar-refractivity contribution in [3.8, 4) is 0 Å². The summed E-state index contributed by atoms with van der Waals surface area (Å²) in [7, 11) is 3.70. The number of hydrogen-bond acceptors (Lipinski definition) is 3. The van der Waals surface area contributed by atoms with E-state index in [9.17, 15) is 9.59 Å². The van der Waals surface area contributed by atoms with Crippen molar-refractivity contribution in [2.24, 2.45) is 0 Å². The van der Waals surface area contributed by atoms with Gasteiger partial charge in [0.25, 0.3) is 0 Å². The van der Waals surface area contributed by atoms with Crippen LogP contribution in [0.3, 0.4) is 0 Å². The van der Waals surface area contributed by atoms with Gasteiger partial charge in [0.2, 0.25) is 5.91 Å². The second-order valence-electron chi connectivity index (χ2n) is 5.51. The number of halogens is 2. The summed E-state index contributed by atoms with van der Waals surface area (Å²) in [5, 5.41) is 3.93. The molecule has 1 N–H and O–H groups in total. The molecule has 2 aromatic carbocycles. The largest absolute Gasteiger partial charge is 0.375 e. The van der Waals surface area contributed by atoms with E-state index in [1.54, 1.807) is 42.5 Å². The van der Waals surface area contributed by atoms with E-state index >= 15 is 0 Å². The molecule has 0 aliphatic heterocycles. The summed E-state index contributed by atoms with van der Waals surface area (Å²) in [4.78, 5) is 26.1. The van der Waals surface area contributed by atoms with Gasteiger partial charge in [0.1, 0.15) is 0 Å². The molecule has 0 aliphatic rings. The van der Waals surface area contributed by atoms with Crippen molar-refractivity contribution in [2.75, 3.05) is 24.3 Å². The van der Waals surface area contributed by atoms with Gasteiger partial charge in [-0.3, -0.25) is 9.59 Å². The van der Waals surface area contributed by atoms with E-state index in [0.29, 0.717) is 21.3 Å². The fourth-order valence-corrected chi connectivity index (χ4v) is 2.76. The Bertz CT molecular complexity index is 743. The minimum atomic E-state index is -0.234. The molecule has 6 heteroatoms. The maximum atomic E-state index is 12.1. The first-order chi connectivity index (χ1) is 11.4. The number of benzene rings is 2. The van der Waals surface area contributed by atoms with Crippen molar-refractivity contribution in [3.05, 3.63) is 58.1 Å². The molecule has 0 aromatic heterocycles. The molecule has 4 nitrogen and oxygen atoms in total. The molecular weight excluding hydrogens is 347 g/mol. The smallest absolute Gasteiger partial charge is 0.224 e. The maximum absolute atomic E-state index is 12.1. The molecule has 0 bridgehead atoms. The zero-order valence-corrected chi connectivity index (χ0v) is 15.0. The van der Waals surface area contributed by atoms with Crippen LogP contribution in [0.4, 0.5) is 11.4 Å². The summed E-state index contributed by atoms with van der Waals surface area (Å²) < 4.78 is 0. The van der Waals surface area contributed by atoms with Gasteiger partial charge < -0.3 is 10.2 Å². The van der Waals surface area contributed by atoms with Gasteiger partial charge in [0.15, 0.2) is 5.78 Å². The van der Waals surface area contributed by atoms with Gasteiger partial charge in [-0.25, -0.2) is 0 Å². The van der Waals surface area contributed by atoms with Crippen molar-refractivity contribution in [3.63, 3.8) is 0 Å². The van der Waals surface area contributed by atoms with Crippen molar-refractivity contribution < 1.29 is 9.59 Å². The van der Waals surface area contributed by atoms with Crippen LogP contribution in [0.25, 0.3) is 0 Å². The highest BCUT2D eigenvalue weighted by Gasteiger charge is 2.13. The summed E-state index contributed by atoms with van der Waals surface area (Å²) in [6.45, 7) is 0. The van der Waals surface area contributed by atoms with E-state index < -0.39 is 0 Å². The Kier molecular flexibility index (Phi) is 6.23. The molecule has 0 atom stereocenters. The highest BCUT2D eigenvalue weighted by molar-refractivity contribution is 6.34. The Hall–Kier alpha value is -2.04. The quantitative estimate of drug-likeness (QED) is 0.758. The molecule has 0 saturated heterocycles. The average Bonchev–Trinajstić information content (AvgIpc) is 2.53. The highest BCUT2D eigenvalue weighted by atomic mass is 35.5. The number of carbonyl (C=O) groups is 2. The first-order valence-electron chi connectivity index (χ1n) is 7.43. The van der Waals surface area contributed by atoms with Crippen molar-refractivity contribution >= 4 is 46.3 Å². The van der Waals surface area contributed by atoms with Crippen molar-refractivity contribution in [1.29, 1.82) is 0 Å². The fraction of sp³-hybridized carbons (Fsp3) is 0.222. The van der Waals surface area contributed by atoms with Crippen LogP contribution in [-0.2, 0) is 4.79 Å². The molecule has 1 amide bonds. The summed E-state index contributed by atoms with van der Waals surface area (Å²) >= 11 is 12.0. The number of para-hydroxylation sites is 1. The number of nitrogens with one attached hydrogen (secondary N) is 1. The third-order valence-corrected chi connectivity index (χ3v) is 4.01. The number of anilines is 2. The van der Waals surface area contributed by atoms with E-state index in [1.807, 2.05) is 19.0 Å². The van der Waals surface area contributed by atoms with E-state index in [2.05, 4.69) is 5.32 Å². The molecule has 2 aromatic rings. The second-order valence-corrected chi connectivity index (χ2v) is 6.35. The van der Waals surface area contributed by atoms with Crippen LogP contribution in [-0.4, -0.2) is 25.8 Å². The Balaban J connectivity index is 1.98. The Morgan fingerprint density at radius 3 is 2.29 bits per heavy atom. The van der Waals surface area contributed by atoms with Crippen LogP contribution in [0.5, 0.6) is 0 Å². The lowest BCUT2D eigenvalue weighted by Crippen LogP contribution is -2.17. The standard InChI is InChI=1S/C18H18Cl2N2O2/c1-22(2)18-14(20)4-3-5-15(18)21-17(24)11-10-16(23)12-6-8-13(19)9-7-12/h3-9H,10-11H2,1-2H3,(H,21,24). The predicted molar refractivity (Wildman–Crippen MR) is 99.4 cm³/mol. The molecule has 24 heavy (non-hydrogen) atoms. The lowest BCUT2D eigenvalue weighted by molar-refractivity contribution is -0.116. The molecule has 0 unspecified atom stereocenters. The number of rotatable bonds is 6. The van der Waals surface area contributed by atoms with Crippen molar-refractivity contribution in [1.82, 2.24) is 0 Å². The number of amides is 1. The molecule has 0 heterocycles. The molecule has 0 aliphatic carbocycles. The number of Topliss-reactive ketones (excluding diaryl/α,β-unsaturated/α-hetero) is 1. The van der Waals surface area contributed by atoms with Gasteiger partial charge >= 0.3 is 0 Å². The fourth-order valence-electron chi connectivity index (χ4n) is 2.29. The summed E-state index contributed by atoms with van der Waals surface area (Å²) in [5.74, 6) is -0.330. The predicted octanol–water partition coefficient (Wildman–Crippen LogP) is 4.66. The number of hydrogen-bond donors (Lipinski definition) is 1. The lowest BCUT2D eigenvalue weighted by atomic mass is 10.1. The van der Waals surface area contributed by atoms with E-state index in [-0.39, 0.29) is 24.5 Å². The second kappa shape index (κ2) is 8.18. The summed E-state index contributed by atoms with van der Waals surface area (Å²) in [6, 6.07) is 11.9. The number of carbonyl (C=O) groups excluding carboxylic acids is 2. The minimum Gasteiger partial charge on any atom is -0.375 e. The monoisotopic (exact) mass is 364 g/mol. The van der Waals surface area contributed by atoms with Gasteiger partial charge in [-0.05, 0) is 36.4 Å². The zero-order valence-electron chi connectivity index (χ0n) is 13.5. The number of ketones is 1. The molecule has 2 rings (SSSR count). The van der Waals surface area contributed by atoms with Crippen LogP contribution < -0.4 is 10.2 Å². The van der Waals surface area contributed by atoms with Crippen LogP contribution in [0.2, 0.25) is 10.0 Å². The van der Waals surface area contributed by atoms with Gasteiger partial charge in [0, 0.05) is 37.5 Å². The zero-order chi connectivity index (χ0) is 17.7. The third kappa shape index (κ3) is 4.73. The Morgan fingerprint density at radius 2 is 1.67 bits per heavy atom. The third-order valence-electron chi connectivity index (χ3n) is 3.45. The van der Waals surface area contributed by atoms with Crippen LogP contribution in [0.1, 0.15) is 23.2 Å². The summed E-state index contributed by atoms with van der Waals surface area (Å²) in [6.07, 6.45) is 0.228. The molecule has 0 saturated carbocycles. The van der Waals surface area contributed by atoms with E-state index in [4.69, 9.17) is 23.2 Å². The molecule has 0 radical (unpaired) electrons. The molecule has 0 fully saturated rings.